The first kappa shape index (κ1) is 18.2. The Bertz CT molecular complexity index is 1030. The van der Waals surface area contributed by atoms with Gasteiger partial charge in [-0.05, 0) is 57.0 Å². The van der Waals surface area contributed by atoms with Crippen LogP contribution in [-0.2, 0) is 4.84 Å². The van der Waals surface area contributed by atoms with Gasteiger partial charge in [0.25, 0.3) is 0 Å². The van der Waals surface area contributed by atoms with Gasteiger partial charge in [-0.25, -0.2) is 15.0 Å². The van der Waals surface area contributed by atoms with Crippen LogP contribution < -0.4 is 0 Å². The number of nitrogens with zero attached hydrogens (tertiary/aromatic N) is 5. The smallest absolute Gasteiger partial charge is 0.179 e. The van der Waals surface area contributed by atoms with Crippen molar-refractivity contribution in [3.05, 3.63) is 71.4 Å². The van der Waals surface area contributed by atoms with E-state index >= 15 is 0 Å². The molecule has 0 N–H and O–H groups in total. The fourth-order valence-corrected chi connectivity index (χ4v) is 2.30. The molecule has 0 spiro atoms. The standard InChI is InChI=1S/C21H19N5O/c1-15-7-4-10-19(23-15)17(3)26-27-14-6-9-18-12-13-22-21(25-18)20-11-5-8-16(2)24-20/h4-5,7-8,10-13H,14H2,1-3H3. The van der Waals surface area contributed by atoms with E-state index in [1.54, 1.807) is 12.3 Å². The van der Waals surface area contributed by atoms with Gasteiger partial charge in [0.2, 0.25) is 0 Å². The van der Waals surface area contributed by atoms with Gasteiger partial charge in [0, 0.05) is 17.6 Å². The van der Waals surface area contributed by atoms with E-state index in [2.05, 4.69) is 36.9 Å². The lowest BCUT2D eigenvalue weighted by Crippen LogP contribution is -2.01. The van der Waals surface area contributed by atoms with Crippen LogP contribution in [0.15, 0.2) is 53.8 Å². The van der Waals surface area contributed by atoms with Crippen LogP contribution in [0.1, 0.15) is 29.7 Å². The third-order valence-electron chi connectivity index (χ3n) is 3.59. The van der Waals surface area contributed by atoms with Crippen LogP contribution in [-0.4, -0.2) is 32.3 Å². The highest BCUT2D eigenvalue weighted by Gasteiger charge is 2.03. The van der Waals surface area contributed by atoms with Crippen LogP contribution in [0.2, 0.25) is 0 Å². The Hall–Kier alpha value is -3.59. The van der Waals surface area contributed by atoms with E-state index in [1.165, 1.54) is 0 Å². The van der Waals surface area contributed by atoms with E-state index in [4.69, 9.17) is 4.84 Å². The van der Waals surface area contributed by atoms with Crippen molar-refractivity contribution >= 4 is 5.71 Å². The van der Waals surface area contributed by atoms with Crippen LogP contribution in [0, 0.1) is 25.7 Å². The van der Waals surface area contributed by atoms with E-state index in [0.717, 1.165) is 22.8 Å². The predicted octanol–water partition coefficient (Wildman–Crippen LogP) is 3.34. The number of hydrogen-bond donors (Lipinski definition) is 0. The number of pyridine rings is 2. The van der Waals surface area contributed by atoms with Gasteiger partial charge < -0.3 is 4.84 Å². The first-order chi connectivity index (χ1) is 13.1. The van der Waals surface area contributed by atoms with Crippen molar-refractivity contribution in [2.75, 3.05) is 6.61 Å². The number of oxime groups is 1. The molecule has 134 valence electrons. The minimum absolute atomic E-state index is 0.158. The third kappa shape index (κ3) is 5.19. The lowest BCUT2D eigenvalue weighted by Gasteiger charge is -2.01. The molecule has 0 fully saturated rings. The number of aromatic nitrogens is 4. The second kappa shape index (κ2) is 8.68. The molecule has 6 heteroatoms. The summed E-state index contributed by atoms with van der Waals surface area (Å²) in [4.78, 5) is 22.8. The molecule has 3 rings (SSSR count). The van der Waals surface area contributed by atoms with Gasteiger partial charge in [-0.15, -0.1) is 0 Å². The Kier molecular flexibility index (Phi) is 5.85. The van der Waals surface area contributed by atoms with E-state index in [-0.39, 0.29) is 6.61 Å². The average Bonchev–Trinajstić information content (AvgIpc) is 2.68. The zero-order chi connectivity index (χ0) is 19.1. The molecule has 0 aliphatic heterocycles. The van der Waals surface area contributed by atoms with E-state index in [0.29, 0.717) is 17.2 Å². The van der Waals surface area contributed by atoms with Crippen LogP contribution in [0.3, 0.4) is 0 Å². The summed E-state index contributed by atoms with van der Waals surface area (Å²) in [6, 6.07) is 13.2. The van der Waals surface area contributed by atoms with Crippen LogP contribution in [0.5, 0.6) is 0 Å². The maximum absolute atomic E-state index is 5.26. The maximum Gasteiger partial charge on any atom is 0.179 e. The molecule has 0 atom stereocenters. The predicted molar refractivity (Wildman–Crippen MR) is 104 cm³/mol. The summed E-state index contributed by atoms with van der Waals surface area (Å²) in [7, 11) is 0. The minimum Gasteiger partial charge on any atom is -0.382 e. The Morgan fingerprint density at radius 3 is 2.56 bits per heavy atom. The Morgan fingerprint density at radius 1 is 1.00 bits per heavy atom. The van der Waals surface area contributed by atoms with Gasteiger partial charge in [-0.2, -0.15) is 0 Å². The molecular formula is C21H19N5O. The van der Waals surface area contributed by atoms with Gasteiger partial charge in [0.1, 0.15) is 17.1 Å². The quantitative estimate of drug-likeness (QED) is 0.310. The van der Waals surface area contributed by atoms with Gasteiger partial charge in [-0.1, -0.05) is 23.2 Å². The molecule has 0 saturated heterocycles. The van der Waals surface area contributed by atoms with Gasteiger partial charge in [-0.3, -0.25) is 4.98 Å². The highest BCUT2D eigenvalue weighted by molar-refractivity contribution is 5.96. The van der Waals surface area contributed by atoms with Gasteiger partial charge >= 0.3 is 0 Å². The Morgan fingerprint density at radius 2 is 1.78 bits per heavy atom. The molecule has 0 aliphatic rings. The summed E-state index contributed by atoms with van der Waals surface area (Å²) in [6.45, 7) is 5.87. The van der Waals surface area contributed by atoms with Crippen molar-refractivity contribution in [1.82, 2.24) is 19.9 Å². The maximum atomic E-state index is 5.26. The van der Waals surface area contributed by atoms with E-state index in [1.807, 2.05) is 57.2 Å². The lowest BCUT2D eigenvalue weighted by atomic mass is 10.2. The van der Waals surface area contributed by atoms with Crippen molar-refractivity contribution in [3.63, 3.8) is 0 Å². The van der Waals surface area contributed by atoms with Crippen molar-refractivity contribution in [1.29, 1.82) is 0 Å². The fourth-order valence-electron chi connectivity index (χ4n) is 2.30. The topological polar surface area (TPSA) is 73.2 Å². The molecule has 0 amide bonds. The zero-order valence-electron chi connectivity index (χ0n) is 15.5. The Balaban J connectivity index is 1.63. The molecular weight excluding hydrogens is 338 g/mol. The second-order valence-electron chi connectivity index (χ2n) is 5.85. The summed E-state index contributed by atoms with van der Waals surface area (Å²) in [5.74, 6) is 6.40. The highest BCUT2D eigenvalue weighted by Crippen LogP contribution is 2.11. The normalized spacial score (nSPS) is 10.9. The monoisotopic (exact) mass is 357 g/mol. The molecule has 0 unspecified atom stereocenters. The zero-order valence-corrected chi connectivity index (χ0v) is 15.5. The number of rotatable bonds is 4. The first-order valence-electron chi connectivity index (χ1n) is 8.48. The van der Waals surface area contributed by atoms with Gasteiger partial charge in [0.15, 0.2) is 12.4 Å². The van der Waals surface area contributed by atoms with Gasteiger partial charge in [0.05, 0.1) is 5.69 Å². The molecule has 0 aromatic carbocycles. The third-order valence-corrected chi connectivity index (χ3v) is 3.59. The fraction of sp³-hybridized carbons (Fsp3) is 0.190. The minimum atomic E-state index is 0.158. The van der Waals surface area contributed by atoms with Crippen LogP contribution in [0.4, 0.5) is 0 Å². The molecule has 3 heterocycles. The lowest BCUT2D eigenvalue weighted by molar-refractivity contribution is 0.179. The van der Waals surface area contributed by atoms with E-state index < -0.39 is 0 Å². The summed E-state index contributed by atoms with van der Waals surface area (Å²) in [6.07, 6.45) is 1.67. The summed E-state index contributed by atoms with van der Waals surface area (Å²) >= 11 is 0. The van der Waals surface area contributed by atoms with Crippen molar-refractivity contribution in [3.8, 4) is 23.4 Å². The van der Waals surface area contributed by atoms with E-state index in [9.17, 15) is 0 Å². The molecule has 3 aromatic heterocycles. The molecule has 0 saturated carbocycles. The number of hydrogen-bond acceptors (Lipinski definition) is 6. The summed E-state index contributed by atoms with van der Waals surface area (Å²) in [5.41, 5.74) is 4.67. The van der Waals surface area contributed by atoms with Crippen molar-refractivity contribution < 1.29 is 4.84 Å². The average molecular weight is 357 g/mol. The summed E-state index contributed by atoms with van der Waals surface area (Å²) in [5, 5.41) is 4.05. The Labute approximate surface area is 158 Å². The largest absolute Gasteiger partial charge is 0.382 e. The van der Waals surface area contributed by atoms with Crippen LogP contribution >= 0.6 is 0 Å². The first-order valence-corrected chi connectivity index (χ1v) is 8.48. The molecule has 27 heavy (non-hydrogen) atoms. The highest BCUT2D eigenvalue weighted by atomic mass is 16.6. The second-order valence-corrected chi connectivity index (χ2v) is 5.85. The summed E-state index contributed by atoms with van der Waals surface area (Å²) < 4.78 is 0. The number of aryl methyl sites for hydroxylation is 2. The molecule has 3 aromatic rings. The molecule has 6 nitrogen and oxygen atoms in total. The molecule has 0 radical (unpaired) electrons. The van der Waals surface area contributed by atoms with Crippen LogP contribution in [0.25, 0.3) is 11.5 Å². The SMILES string of the molecule is CC(=NOCC#Cc1ccnc(-c2cccc(C)n2)n1)c1cccc(C)n1. The van der Waals surface area contributed by atoms with Crippen molar-refractivity contribution in [2.24, 2.45) is 5.16 Å². The van der Waals surface area contributed by atoms with Crippen molar-refractivity contribution in [2.45, 2.75) is 20.8 Å². The molecule has 0 bridgehead atoms. The molecule has 0 aliphatic carbocycles.